The minimum absolute atomic E-state index is 0.0101. The first-order valence-electron chi connectivity index (χ1n) is 11.3. The summed E-state index contributed by atoms with van der Waals surface area (Å²) in [6.07, 6.45) is 6.70. The summed E-state index contributed by atoms with van der Waals surface area (Å²) in [6, 6.07) is 6.01. The van der Waals surface area contributed by atoms with Crippen molar-refractivity contribution in [2.45, 2.75) is 58.5 Å². The van der Waals surface area contributed by atoms with Crippen LogP contribution in [0, 0.1) is 17.3 Å². The normalized spacial score (nSPS) is 30.5. The lowest BCUT2D eigenvalue weighted by atomic mass is 9.59. The lowest BCUT2D eigenvalue weighted by Gasteiger charge is -2.45. The van der Waals surface area contributed by atoms with Crippen LogP contribution in [0.5, 0.6) is 11.5 Å². The van der Waals surface area contributed by atoms with E-state index in [9.17, 15) is 4.79 Å². The number of fused-ring (bicyclic) bond motifs is 2. The van der Waals surface area contributed by atoms with Gasteiger partial charge in [0.25, 0.3) is 0 Å². The van der Waals surface area contributed by atoms with Gasteiger partial charge in [-0.2, -0.15) is 0 Å². The highest BCUT2D eigenvalue weighted by Gasteiger charge is 2.52. The Morgan fingerprint density at radius 1 is 1.23 bits per heavy atom. The van der Waals surface area contributed by atoms with Crippen LogP contribution in [0.25, 0.3) is 0 Å². The van der Waals surface area contributed by atoms with Crippen molar-refractivity contribution in [2.24, 2.45) is 17.3 Å². The van der Waals surface area contributed by atoms with Crippen molar-refractivity contribution in [3.05, 3.63) is 34.9 Å². The molecule has 1 aliphatic heterocycles. The zero-order chi connectivity index (χ0) is 21.3. The molecule has 0 spiro atoms. The lowest BCUT2D eigenvalue weighted by molar-refractivity contribution is -0.145. The average Bonchev–Trinajstić information content (AvgIpc) is 3.03. The van der Waals surface area contributed by atoms with E-state index in [1.54, 1.807) is 25.4 Å². The van der Waals surface area contributed by atoms with Crippen molar-refractivity contribution in [2.75, 3.05) is 27.3 Å². The SMILES string of the molecule is COc1ccc(CCNCC2C(=O)OC3CC4(C)CCCC(C)=C4CC32)cc1OC. The molecule has 1 N–H and O–H groups in total. The summed E-state index contributed by atoms with van der Waals surface area (Å²) in [7, 11) is 3.30. The molecule has 1 aromatic carbocycles. The van der Waals surface area contributed by atoms with Crippen molar-refractivity contribution in [3.63, 3.8) is 0 Å². The predicted molar refractivity (Wildman–Crippen MR) is 117 cm³/mol. The first-order chi connectivity index (χ1) is 14.4. The lowest BCUT2D eigenvalue weighted by Crippen LogP contribution is -2.40. The molecule has 0 aromatic heterocycles. The molecule has 1 heterocycles. The van der Waals surface area contributed by atoms with E-state index in [0.717, 1.165) is 37.3 Å². The first kappa shape index (κ1) is 21.2. The number of methoxy groups -OCH3 is 2. The molecule has 1 saturated heterocycles. The van der Waals surface area contributed by atoms with Crippen molar-refractivity contribution in [1.82, 2.24) is 5.32 Å². The molecule has 0 amide bonds. The maximum Gasteiger partial charge on any atom is 0.310 e. The fourth-order valence-electron chi connectivity index (χ4n) is 5.87. The Kier molecular flexibility index (Phi) is 6.10. The number of esters is 1. The van der Waals surface area contributed by atoms with Crippen molar-refractivity contribution < 1.29 is 19.0 Å². The molecule has 2 aliphatic carbocycles. The highest BCUT2D eigenvalue weighted by Crippen LogP contribution is 2.54. The molecular formula is C25H35NO4. The van der Waals surface area contributed by atoms with Crippen LogP contribution in [0.2, 0.25) is 0 Å². The summed E-state index contributed by atoms with van der Waals surface area (Å²) in [6.45, 7) is 6.18. The highest BCUT2D eigenvalue weighted by molar-refractivity contribution is 5.76. The van der Waals surface area contributed by atoms with Crippen LogP contribution in [-0.2, 0) is 16.0 Å². The Morgan fingerprint density at radius 2 is 2.03 bits per heavy atom. The van der Waals surface area contributed by atoms with Crippen LogP contribution in [0.1, 0.15) is 51.5 Å². The summed E-state index contributed by atoms with van der Waals surface area (Å²) in [5.74, 6) is 1.77. The number of nitrogens with one attached hydrogen (secondary N) is 1. The summed E-state index contributed by atoms with van der Waals surface area (Å²) in [4.78, 5) is 12.6. The Bertz CT molecular complexity index is 832. The second kappa shape index (κ2) is 8.62. The Hall–Kier alpha value is -2.01. The molecule has 4 rings (SSSR count). The first-order valence-corrected chi connectivity index (χ1v) is 11.3. The molecule has 3 aliphatic rings. The molecule has 4 atom stereocenters. The molecule has 5 nitrogen and oxygen atoms in total. The van der Waals surface area contributed by atoms with Gasteiger partial charge in [0.2, 0.25) is 0 Å². The second-order valence-corrected chi connectivity index (χ2v) is 9.47. The van der Waals surface area contributed by atoms with E-state index in [1.807, 2.05) is 12.1 Å². The van der Waals surface area contributed by atoms with Crippen molar-refractivity contribution in [3.8, 4) is 11.5 Å². The maximum absolute atomic E-state index is 12.6. The number of ether oxygens (including phenoxy) is 3. The third-order valence-corrected chi connectivity index (χ3v) is 7.58. The van der Waals surface area contributed by atoms with Gasteiger partial charge in [-0.25, -0.2) is 0 Å². The molecule has 1 aromatic rings. The van der Waals surface area contributed by atoms with Crippen LogP contribution in [-0.4, -0.2) is 39.4 Å². The van der Waals surface area contributed by atoms with Gasteiger partial charge in [-0.1, -0.05) is 24.1 Å². The zero-order valence-electron chi connectivity index (χ0n) is 18.8. The summed E-state index contributed by atoms with van der Waals surface area (Å²) in [5.41, 5.74) is 4.59. The number of benzene rings is 1. The molecule has 2 fully saturated rings. The molecule has 0 bridgehead atoms. The number of carbonyl (C=O) groups is 1. The van der Waals surface area contributed by atoms with Gasteiger partial charge in [0.15, 0.2) is 11.5 Å². The molecule has 1 saturated carbocycles. The fraction of sp³-hybridized carbons (Fsp3) is 0.640. The fourth-order valence-corrected chi connectivity index (χ4v) is 5.87. The van der Waals surface area contributed by atoms with E-state index >= 15 is 0 Å². The van der Waals surface area contributed by atoms with E-state index in [0.29, 0.717) is 12.5 Å². The molecule has 4 unspecified atom stereocenters. The molecule has 0 radical (unpaired) electrons. The quantitative estimate of drug-likeness (QED) is 0.410. The third kappa shape index (κ3) is 3.96. The van der Waals surface area contributed by atoms with Crippen LogP contribution in [0.3, 0.4) is 0 Å². The summed E-state index contributed by atoms with van der Waals surface area (Å²) in [5, 5.41) is 3.51. The predicted octanol–water partition coefficient (Wildman–Crippen LogP) is 4.29. The molecular weight excluding hydrogens is 378 g/mol. The van der Waals surface area contributed by atoms with E-state index in [-0.39, 0.29) is 23.4 Å². The number of allylic oxidation sites excluding steroid dienone is 2. The van der Waals surface area contributed by atoms with Gasteiger partial charge in [-0.05, 0) is 75.1 Å². The van der Waals surface area contributed by atoms with Gasteiger partial charge in [0.1, 0.15) is 6.10 Å². The number of hydrogen-bond donors (Lipinski definition) is 1. The van der Waals surface area contributed by atoms with Gasteiger partial charge in [-0.15, -0.1) is 0 Å². The Balaban J connectivity index is 1.35. The van der Waals surface area contributed by atoms with Crippen LogP contribution >= 0.6 is 0 Å². The standard InChI is InChI=1S/C25H35NO4/c1-16-6-5-10-25(2)14-23-18(13-20(16)25)19(24(27)30-23)15-26-11-9-17-7-8-21(28-3)22(12-17)29-4/h7-8,12,18-19,23,26H,5-6,9-11,13-15H2,1-4H3. The summed E-state index contributed by atoms with van der Waals surface area (Å²) < 4.78 is 16.6. The van der Waals surface area contributed by atoms with Crippen LogP contribution in [0.4, 0.5) is 0 Å². The van der Waals surface area contributed by atoms with Gasteiger partial charge in [0, 0.05) is 12.5 Å². The smallest absolute Gasteiger partial charge is 0.310 e. The van der Waals surface area contributed by atoms with Gasteiger partial charge in [-0.3, -0.25) is 4.79 Å². The van der Waals surface area contributed by atoms with E-state index in [1.165, 1.54) is 24.8 Å². The zero-order valence-corrected chi connectivity index (χ0v) is 18.8. The van der Waals surface area contributed by atoms with Crippen molar-refractivity contribution >= 4 is 5.97 Å². The number of hydrogen-bond acceptors (Lipinski definition) is 5. The molecule has 30 heavy (non-hydrogen) atoms. The van der Waals surface area contributed by atoms with Crippen molar-refractivity contribution in [1.29, 1.82) is 0 Å². The van der Waals surface area contributed by atoms with Gasteiger partial charge >= 0.3 is 5.97 Å². The van der Waals surface area contributed by atoms with E-state index < -0.39 is 0 Å². The largest absolute Gasteiger partial charge is 0.493 e. The highest BCUT2D eigenvalue weighted by atomic mass is 16.6. The maximum atomic E-state index is 12.6. The third-order valence-electron chi connectivity index (χ3n) is 7.58. The Morgan fingerprint density at radius 3 is 2.80 bits per heavy atom. The second-order valence-electron chi connectivity index (χ2n) is 9.47. The number of rotatable bonds is 7. The minimum Gasteiger partial charge on any atom is -0.493 e. The monoisotopic (exact) mass is 413 g/mol. The summed E-state index contributed by atoms with van der Waals surface area (Å²) >= 11 is 0. The topological polar surface area (TPSA) is 56.8 Å². The minimum atomic E-state index is -0.0350. The van der Waals surface area contributed by atoms with Gasteiger partial charge < -0.3 is 19.5 Å². The number of carbonyl (C=O) groups excluding carboxylic acids is 1. The van der Waals surface area contributed by atoms with E-state index in [2.05, 4.69) is 25.2 Å². The van der Waals surface area contributed by atoms with Crippen LogP contribution in [0.15, 0.2) is 29.3 Å². The van der Waals surface area contributed by atoms with E-state index in [4.69, 9.17) is 14.2 Å². The Labute approximate surface area is 180 Å². The van der Waals surface area contributed by atoms with Crippen LogP contribution < -0.4 is 14.8 Å². The average molecular weight is 414 g/mol. The molecule has 5 heteroatoms. The molecule has 164 valence electrons. The van der Waals surface area contributed by atoms with Gasteiger partial charge in [0.05, 0.1) is 20.1 Å².